The number of para-hydroxylation sites is 1. The van der Waals surface area contributed by atoms with Gasteiger partial charge in [-0.25, -0.2) is 4.79 Å². The minimum atomic E-state index is -0.175. The smallest absolute Gasteiger partial charge is 0.314 e. The van der Waals surface area contributed by atoms with Gasteiger partial charge >= 0.3 is 6.03 Å². The second-order valence-electron chi connectivity index (χ2n) is 4.62. The fraction of sp³-hybridized carbons (Fsp3) is 0.533. The van der Waals surface area contributed by atoms with Gasteiger partial charge in [0.05, 0.1) is 12.6 Å². The van der Waals surface area contributed by atoms with E-state index in [9.17, 15) is 4.79 Å². The summed E-state index contributed by atoms with van der Waals surface area (Å²) in [6.07, 6.45) is 1.05. The van der Waals surface area contributed by atoms with Crippen molar-refractivity contribution in [1.82, 2.24) is 10.6 Å². The fourth-order valence-corrected chi connectivity index (χ4v) is 1.51. The van der Waals surface area contributed by atoms with E-state index >= 15 is 0 Å². The van der Waals surface area contributed by atoms with Crippen LogP contribution in [0.5, 0.6) is 5.75 Å². The lowest BCUT2D eigenvalue weighted by Crippen LogP contribution is -2.38. The lowest BCUT2D eigenvalue weighted by atomic mass is 10.3. The minimum Gasteiger partial charge on any atom is -0.492 e. The Labute approximate surface area is 120 Å². The Bertz CT molecular complexity index is 369. The molecule has 2 N–H and O–H groups in total. The molecule has 1 aromatic carbocycles. The maximum atomic E-state index is 11.4. The highest BCUT2D eigenvalue weighted by atomic mass is 16.5. The van der Waals surface area contributed by atoms with Gasteiger partial charge in [-0.1, -0.05) is 18.2 Å². The molecule has 0 aliphatic carbocycles. The third-order valence-electron chi connectivity index (χ3n) is 2.46. The van der Waals surface area contributed by atoms with Crippen molar-refractivity contribution in [3.8, 4) is 5.75 Å². The van der Waals surface area contributed by atoms with Gasteiger partial charge in [0.2, 0.25) is 0 Å². The quantitative estimate of drug-likeness (QED) is 0.682. The van der Waals surface area contributed by atoms with Gasteiger partial charge in [-0.3, -0.25) is 0 Å². The number of nitrogens with one attached hydrogen (secondary N) is 2. The number of ether oxygens (including phenoxy) is 2. The van der Waals surface area contributed by atoms with Gasteiger partial charge in [0.15, 0.2) is 0 Å². The Morgan fingerprint density at radius 1 is 1.10 bits per heavy atom. The SMILES string of the molecule is CC(C)OCCCNC(=O)NCCOc1ccccc1. The number of carbonyl (C=O) groups excluding carboxylic acids is 1. The Morgan fingerprint density at radius 2 is 1.80 bits per heavy atom. The zero-order valence-corrected chi connectivity index (χ0v) is 12.2. The molecule has 2 amide bonds. The van der Waals surface area contributed by atoms with Crippen LogP contribution in [0.1, 0.15) is 20.3 Å². The van der Waals surface area contributed by atoms with Gasteiger partial charge in [-0.2, -0.15) is 0 Å². The average Bonchev–Trinajstić information content (AvgIpc) is 2.44. The molecule has 1 aromatic rings. The normalized spacial score (nSPS) is 10.3. The van der Waals surface area contributed by atoms with Crippen LogP contribution in [-0.4, -0.2) is 38.4 Å². The number of benzene rings is 1. The van der Waals surface area contributed by atoms with Crippen molar-refractivity contribution in [3.05, 3.63) is 30.3 Å². The van der Waals surface area contributed by atoms with E-state index in [-0.39, 0.29) is 12.1 Å². The lowest BCUT2D eigenvalue weighted by molar-refractivity contribution is 0.0774. The van der Waals surface area contributed by atoms with Gasteiger partial charge < -0.3 is 20.1 Å². The van der Waals surface area contributed by atoms with Crippen LogP contribution >= 0.6 is 0 Å². The molecule has 0 aliphatic heterocycles. The van der Waals surface area contributed by atoms with E-state index < -0.39 is 0 Å². The van der Waals surface area contributed by atoms with E-state index in [1.165, 1.54) is 0 Å². The summed E-state index contributed by atoms with van der Waals surface area (Å²) in [5, 5.41) is 5.51. The molecule has 20 heavy (non-hydrogen) atoms. The molecule has 0 bridgehead atoms. The van der Waals surface area contributed by atoms with Crippen molar-refractivity contribution in [1.29, 1.82) is 0 Å². The third kappa shape index (κ3) is 8.37. The lowest BCUT2D eigenvalue weighted by Gasteiger charge is -2.10. The number of hydrogen-bond acceptors (Lipinski definition) is 3. The number of hydrogen-bond donors (Lipinski definition) is 2. The van der Waals surface area contributed by atoms with Crippen LogP contribution in [0.4, 0.5) is 4.79 Å². The second-order valence-corrected chi connectivity index (χ2v) is 4.62. The standard InChI is InChI=1S/C15H24N2O3/c1-13(2)19-11-6-9-16-15(18)17-10-12-20-14-7-4-3-5-8-14/h3-5,7-8,13H,6,9-12H2,1-2H3,(H2,16,17,18). The monoisotopic (exact) mass is 280 g/mol. The molecule has 0 radical (unpaired) electrons. The Morgan fingerprint density at radius 3 is 2.50 bits per heavy atom. The highest BCUT2D eigenvalue weighted by Gasteiger charge is 1.99. The van der Waals surface area contributed by atoms with E-state index in [2.05, 4.69) is 10.6 Å². The molecule has 0 saturated carbocycles. The first kappa shape index (κ1) is 16.3. The van der Waals surface area contributed by atoms with Gasteiger partial charge in [-0.15, -0.1) is 0 Å². The van der Waals surface area contributed by atoms with E-state index in [1.54, 1.807) is 0 Å². The van der Waals surface area contributed by atoms with Gasteiger partial charge in [-0.05, 0) is 32.4 Å². The second kappa shape index (κ2) is 10.1. The van der Waals surface area contributed by atoms with Crippen molar-refractivity contribution in [2.75, 3.05) is 26.3 Å². The Balaban J connectivity index is 1.95. The molecule has 0 fully saturated rings. The topological polar surface area (TPSA) is 59.6 Å². The van der Waals surface area contributed by atoms with Gasteiger partial charge in [0.1, 0.15) is 12.4 Å². The van der Waals surface area contributed by atoms with Gasteiger partial charge in [0, 0.05) is 13.2 Å². The van der Waals surface area contributed by atoms with Crippen molar-refractivity contribution in [3.63, 3.8) is 0 Å². The third-order valence-corrected chi connectivity index (χ3v) is 2.46. The zero-order valence-electron chi connectivity index (χ0n) is 12.2. The number of rotatable bonds is 9. The first-order valence-corrected chi connectivity index (χ1v) is 6.99. The molecule has 0 heterocycles. The Hall–Kier alpha value is -1.75. The first-order valence-electron chi connectivity index (χ1n) is 6.99. The molecule has 0 saturated heterocycles. The summed E-state index contributed by atoms with van der Waals surface area (Å²) >= 11 is 0. The summed E-state index contributed by atoms with van der Waals surface area (Å²) in [6, 6.07) is 9.35. The molecule has 112 valence electrons. The molecule has 0 atom stereocenters. The average molecular weight is 280 g/mol. The number of amides is 2. The maximum absolute atomic E-state index is 11.4. The van der Waals surface area contributed by atoms with Crippen molar-refractivity contribution >= 4 is 6.03 Å². The molecule has 1 rings (SSSR count). The zero-order chi connectivity index (χ0) is 14.6. The van der Waals surface area contributed by atoms with Crippen molar-refractivity contribution < 1.29 is 14.3 Å². The van der Waals surface area contributed by atoms with Crippen LogP contribution in [0.25, 0.3) is 0 Å². The summed E-state index contributed by atoms with van der Waals surface area (Å²) in [5.74, 6) is 0.806. The summed E-state index contributed by atoms with van der Waals surface area (Å²) in [7, 11) is 0. The van der Waals surface area contributed by atoms with Crippen LogP contribution in [0.3, 0.4) is 0 Å². The summed E-state index contributed by atoms with van der Waals surface area (Å²) in [4.78, 5) is 11.4. The van der Waals surface area contributed by atoms with Crippen LogP contribution < -0.4 is 15.4 Å². The van der Waals surface area contributed by atoms with Crippen molar-refractivity contribution in [2.24, 2.45) is 0 Å². The van der Waals surface area contributed by atoms with E-state index in [0.717, 1.165) is 12.2 Å². The number of carbonyl (C=O) groups is 1. The molecule has 5 nitrogen and oxygen atoms in total. The minimum absolute atomic E-state index is 0.175. The summed E-state index contributed by atoms with van der Waals surface area (Å²) in [6.45, 7) is 6.18. The van der Waals surface area contributed by atoms with Gasteiger partial charge in [0.25, 0.3) is 0 Å². The highest BCUT2D eigenvalue weighted by Crippen LogP contribution is 2.07. The molecular formula is C15H24N2O3. The molecular weight excluding hydrogens is 256 g/mol. The van der Waals surface area contributed by atoms with Crippen LogP contribution in [-0.2, 0) is 4.74 Å². The molecule has 0 aromatic heterocycles. The van der Waals surface area contributed by atoms with Crippen molar-refractivity contribution in [2.45, 2.75) is 26.4 Å². The Kier molecular flexibility index (Phi) is 8.22. The van der Waals surface area contributed by atoms with E-state index in [0.29, 0.717) is 26.3 Å². The first-order chi connectivity index (χ1) is 9.68. The summed E-state index contributed by atoms with van der Waals surface area (Å²) < 4.78 is 10.8. The molecule has 0 unspecified atom stereocenters. The van der Waals surface area contributed by atoms with Crippen LogP contribution in [0.15, 0.2) is 30.3 Å². The molecule has 0 aliphatic rings. The largest absolute Gasteiger partial charge is 0.492 e. The fourth-order valence-electron chi connectivity index (χ4n) is 1.51. The highest BCUT2D eigenvalue weighted by molar-refractivity contribution is 5.73. The van der Waals surface area contributed by atoms with Crippen LogP contribution in [0, 0.1) is 0 Å². The molecule has 0 spiro atoms. The predicted octanol–water partition coefficient (Wildman–Crippen LogP) is 2.18. The number of urea groups is 1. The molecule has 5 heteroatoms. The predicted molar refractivity (Wildman–Crippen MR) is 79.0 cm³/mol. The van der Waals surface area contributed by atoms with E-state index in [1.807, 2.05) is 44.2 Å². The van der Waals surface area contributed by atoms with Crippen LogP contribution in [0.2, 0.25) is 0 Å². The maximum Gasteiger partial charge on any atom is 0.314 e. The summed E-state index contributed by atoms with van der Waals surface area (Å²) in [5.41, 5.74) is 0. The van der Waals surface area contributed by atoms with E-state index in [4.69, 9.17) is 9.47 Å².